The average molecular weight is 250 g/mol. The Morgan fingerprint density at radius 3 is 2.56 bits per heavy atom. The van der Waals surface area contributed by atoms with E-state index < -0.39 is 6.10 Å². The standard InChI is InChI=1S/C16H26O2/c1-4-6-9-14(5-2)12-18-16-11-8-7-10-15(16)13(3)17/h7-8,10-11,13-14,17H,4-6,9,12H2,1-3H3/t13-,14?/m1/s1. The molecule has 0 bridgehead atoms. The van der Waals surface area contributed by atoms with Gasteiger partial charge in [-0.2, -0.15) is 0 Å². The molecule has 0 heterocycles. The van der Waals surface area contributed by atoms with Crippen molar-refractivity contribution in [3.63, 3.8) is 0 Å². The highest BCUT2D eigenvalue weighted by atomic mass is 16.5. The van der Waals surface area contributed by atoms with Gasteiger partial charge in [-0.15, -0.1) is 0 Å². The van der Waals surface area contributed by atoms with E-state index in [4.69, 9.17) is 4.74 Å². The zero-order valence-corrected chi connectivity index (χ0v) is 11.9. The molecule has 0 aromatic heterocycles. The maximum Gasteiger partial charge on any atom is 0.125 e. The maximum absolute atomic E-state index is 9.69. The zero-order valence-electron chi connectivity index (χ0n) is 11.9. The van der Waals surface area contributed by atoms with E-state index >= 15 is 0 Å². The normalized spacial score (nSPS) is 14.2. The summed E-state index contributed by atoms with van der Waals surface area (Å²) in [4.78, 5) is 0. The molecule has 0 amide bonds. The highest BCUT2D eigenvalue weighted by Crippen LogP contribution is 2.25. The van der Waals surface area contributed by atoms with Crippen LogP contribution in [0.3, 0.4) is 0 Å². The molecule has 0 saturated heterocycles. The van der Waals surface area contributed by atoms with Crippen molar-refractivity contribution in [2.75, 3.05) is 6.61 Å². The Hall–Kier alpha value is -1.02. The zero-order chi connectivity index (χ0) is 13.4. The summed E-state index contributed by atoms with van der Waals surface area (Å²) in [5.74, 6) is 1.44. The quantitative estimate of drug-likeness (QED) is 0.744. The lowest BCUT2D eigenvalue weighted by atomic mass is 10.0. The molecule has 0 saturated carbocycles. The van der Waals surface area contributed by atoms with Crippen molar-refractivity contribution in [3.05, 3.63) is 29.8 Å². The van der Waals surface area contributed by atoms with Gasteiger partial charge in [0.2, 0.25) is 0 Å². The van der Waals surface area contributed by atoms with Crippen LogP contribution in [0.15, 0.2) is 24.3 Å². The van der Waals surface area contributed by atoms with Gasteiger partial charge in [-0.05, 0) is 25.3 Å². The third kappa shape index (κ3) is 4.69. The van der Waals surface area contributed by atoms with E-state index in [0.29, 0.717) is 5.92 Å². The van der Waals surface area contributed by atoms with Crippen molar-refractivity contribution in [2.45, 2.75) is 52.6 Å². The number of unbranched alkanes of at least 4 members (excludes halogenated alkanes) is 1. The van der Waals surface area contributed by atoms with Crippen LogP contribution in [0.25, 0.3) is 0 Å². The molecule has 1 unspecified atom stereocenters. The summed E-state index contributed by atoms with van der Waals surface area (Å²) in [6.07, 6.45) is 4.40. The molecule has 0 radical (unpaired) electrons. The molecular weight excluding hydrogens is 224 g/mol. The summed E-state index contributed by atoms with van der Waals surface area (Å²) in [6, 6.07) is 7.75. The van der Waals surface area contributed by atoms with Crippen LogP contribution in [0.5, 0.6) is 5.75 Å². The average Bonchev–Trinajstić information content (AvgIpc) is 2.39. The van der Waals surface area contributed by atoms with Gasteiger partial charge in [0, 0.05) is 5.56 Å². The number of hydrogen-bond acceptors (Lipinski definition) is 2. The fourth-order valence-electron chi connectivity index (χ4n) is 2.06. The summed E-state index contributed by atoms with van der Waals surface area (Å²) in [5.41, 5.74) is 0.878. The number of hydrogen-bond donors (Lipinski definition) is 1. The van der Waals surface area contributed by atoms with Crippen molar-refractivity contribution >= 4 is 0 Å². The van der Waals surface area contributed by atoms with Gasteiger partial charge in [-0.25, -0.2) is 0 Å². The number of ether oxygens (including phenoxy) is 1. The fourth-order valence-corrected chi connectivity index (χ4v) is 2.06. The minimum Gasteiger partial charge on any atom is -0.493 e. The van der Waals surface area contributed by atoms with Crippen LogP contribution in [0.4, 0.5) is 0 Å². The summed E-state index contributed by atoms with van der Waals surface area (Å²) in [5, 5.41) is 9.69. The van der Waals surface area contributed by atoms with Gasteiger partial charge in [-0.1, -0.05) is 51.3 Å². The van der Waals surface area contributed by atoms with E-state index in [1.54, 1.807) is 6.92 Å². The molecular formula is C16H26O2. The predicted octanol–water partition coefficient (Wildman–Crippen LogP) is 4.34. The van der Waals surface area contributed by atoms with Crippen LogP contribution in [0.1, 0.15) is 58.1 Å². The lowest BCUT2D eigenvalue weighted by molar-refractivity contribution is 0.183. The molecule has 18 heavy (non-hydrogen) atoms. The van der Waals surface area contributed by atoms with E-state index in [0.717, 1.165) is 24.3 Å². The topological polar surface area (TPSA) is 29.5 Å². The van der Waals surface area contributed by atoms with Crippen LogP contribution in [0.2, 0.25) is 0 Å². The number of aliphatic hydroxyl groups is 1. The minimum absolute atomic E-state index is 0.475. The molecule has 1 aromatic rings. The van der Waals surface area contributed by atoms with Crippen LogP contribution in [0, 0.1) is 5.92 Å². The first-order valence-corrected chi connectivity index (χ1v) is 7.08. The van der Waals surface area contributed by atoms with Crippen LogP contribution >= 0.6 is 0 Å². The SMILES string of the molecule is CCCCC(CC)COc1ccccc1[C@@H](C)O. The monoisotopic (exact) mass is 250 g/mol. The highest BCUT2D eigenvalue weighted by Gasteiger charge is 2.11. The van der Waals surface area contributed by atoms with Gasteiger partial charge < -0.3 is 9.84 Å². The maximum atomic E-state index is 9.69. The Labute approximate surface area is 111 Å². The lowest BCUT2D eigenvalue weighted by Crippen LogP contribution is -2.12. The predicted molar refractivity (Wildman–Crippen MR) is 75.9 cm³/mol. The van der Waals surface area contributed by atoms with E-state index in [1.807, 2.05) is 24.3 Å². The van der Waals surface area contributed by atoms with Crippen molar-refractivity contribution in [2.24, 2.45) is 5.92 Å². The Bertz CT molecular complexity index is 334. The molecule has 102 valence electrons. The first-order chi connectivity index (χ1) is 8.69. The summed E-state index contributed by atoms with van der Waals surface area (Å²) >= 11 is 0. The summed E-state index contributed by atoms with van der Waals surface area (Å²) in [6.45, 7) is 6.96. The van der Waals surface area contributed by atoms with Crippen LogP contribution < -0.4 is 4.74 Å². The summed E-state index contributed by atoms with van der Waals surface area (Å²) < 4.78 is 5.89. The smallest absolute Gasteiger partial charge is 0.125 e. The molecule has 1 N–H and O–H groups in total. The molecule has 0 aliphatic carbocycles. The third-order valence-electron chi connectivity index (χ3n) is 3.39. The molecule has 1 rings (SSSR count). The van der Waals surface area contributed by atoms with Crippen LogP contribution in [-0.4, -0.2) is 11.7 Å². The van der Waals surface area contributed by atoms with E-state index in [-0.39, 0.29) is 0 Å². The summed E-state index contributed by atoms with van der Waals surface area (Å²) in [7, 11) is 0. The Morgan fingerprint density at radius 1 is 1.22 bits per heavy atom. The molecule has 2 heteroatoms. The number of para-hydroxylation sites is 1. The highest BCUT2D eigenvalue weighted by molar-refractivity contribution is 5.34. The van der Waals surface area contributed by atoms with Gasteiger partial charge in [0.05, 0.1) is 12.7 Å². The minimum atomic E-state index is -0.475. The van der Waals surface area contributed by atoms with Gasteiger partial charge in [-0.3, -0.25) is 0 Å². The van der Waals surface area contributed by atoms with Gasteiger partial charge in [0.25, 0.3) is 0 Å². The molecule has 2 nitrogen and oxygen atoms in total. The first kappa shape index (κ1) is 15.0. The van der Waals surface area contributed by atoms with E-state index in [9.17, 15) is 5.11 Å². The van der Waals surface area contributed by atoms with E-state index in [2.05, 4.69) is 13.8 Å². The van der Waals surface area contributed by atoms with Crippen molar-refractivity contribution < 1.29 is 9.84 Å². The molecule has 1 aromatic carbocycles. The molecule has 0 aliphatic rings. The van der Waals surface area contributed by atoms with Crippen molar-refractivity contribution in [1.29, 1.82) is 0 Å². The molecule has 0 spiro atoms. The molecule has 0 fully saturated rings. The second-order valence-electron chi connectivity index (χ2n) is 4.94. The van der Waals surface area contributed by atoms with E-state index in [1.165, 1.54) is 19.3 Å². The lowest BCUT2D eigenvalue weighted by Gasteiger charge is -2.18. The third-order valence-corrected chi connectivity index (χ3v) is 3.39. The molecule has 0 aliphatic heterocycles. The number of aliphatic hydroxyl groups excluding tert-OH is 1. The Balaban J connectivity index is 2.56. The second-order valence-corrected chi connectivity index (χ2v) is 4.94. The van der Waals surface area contributed by atoms with Crippen LogP contribution in [-0.2, 0) is 0 Å². The fraction of sp³-hybridized carbons (Fsp3) is 0.625. The van der Waals surface area contributed by atoms with Crippen molar-refractivity contribution in [1.82, 2.24) is 0 Å². The Kier molecular flexibility index (Phi) is 6.81. The number of benzene rings is 1. The largest absolute Gasteiger partial charge is 0.493 e. The van der Waals surface area contributed by atoms with Crippen molar-refractivity contribution in [3.8, 4) is 5.75 Å². The Morgan fingerprint density at radius 2 is 1.94 bits per heavy atom. The van der Waals surface area contributed by atoms with Gasteiger partial charge >= 0.3 is 0 Å². The van der Waals surface area contributed by atoms with Gasteiger partial charge in [0.1, 0.15) is 5.75 Å². The number of rotatable bonds is 8. The first-order valence-electron chi connectivity index (χ1n) is 7.08. The second kappa shape index (κ2) is 8.15. The van der Waals surface area contributed by atoms with Gasteiger partial charge in [0.15, 0.2) is 0 Å². The molecule has 2 atom stereocenters.